The second kappa shape index (κ2) is 6.44. The Labute approximate surface area is 76.4 Å². The fraction of sp³-hybridized carbons (Fsp3) is 1.00. The van der Waals surface area contributed by atoms with Crippen LogP contribution in [0.3, 0.4) is 0 Å². The van der Waals surface area contributed by atoms with Gasteiger partial charge >= 0.3 is 0 Å². The van der Waals surface area contributed by atoms with E-state index in [1.807, 2.05) is 0 Å². The van der Waals surface area contributed by atoms with Gasteiger partial charge in [0.1, 0.15) is 0 Å². The van der Waals surface area contributed by atoms with Crippen molar-refractivity contribution >= 4 is 0 Å². The molecular weight excluding hydrogens is 150 g/mol. The van der Waals surface area contributed by atoms with Crippen LogP contribution in [0.1, 0.15) is 40.5 Å². The number of aliphatic hydroxyl groups is 1. The highest BCUT2D eigenvalue weighted by Gasteiger charge is 2.05. The van der Waals surface area contributed by atoms with Crippen molar-refractivity contribution in [1.29, 1.82) is 0 Å². The second-order valence-corrected chi connectivity index (χ2v) is 4.19. The van der Waals surface area contributed by atoms with E-state index in [4.69, 9.17) is 0 Å². The average Bonchev–Trinajstić information content (AvgIpc) is 1.96. The van der Waals surface area contributed by atoms with E-state index in [0.29, 0.717) is 12.0 Å². The smallest absolute Gasteiger partial charge is 0.0664 e. The minimum Gasteiger partial charge on any atom is -0.392 e. The predicted octanol–water partition coefficient (Wildman–Crippen LogP) is 1.78. The Morgan fingerprint density at radius 2 is 1.67 bits per heavy atom. The molecule has 0 aliphatic heterocycles. The summed E-state index contributed by atoms with van der Waals surface area (Å²) in [6, 6.07) is 0.471. The van der Waals surface area contributed by atoms with Crippen LogP contribution < -0.4 is 5.32 Å². The van der Waals surface area contributed by atoms with Crippen molar-refractivity contribution in [2.24, 2.45) is 5.92 Å². The third-order valence-corrected chi connectivity index (χ3v) is 1.84. The molecule has 0 aromatic rings. The normalized spacial score (nSPS) is 14.2. The SMILES string of the molecule is CC(C)CCC(O)CNC(C)C. The minimum atomic E-state index is -0.171. The van der Waals surface area contributed by atoms with Gasteiger partial charge in [-0.15, -0.1) is 0 Å². The predicted molar refractivity (Wildman–Crippen MR) is 53.2 cm³/mol. The zero-order valence-electron chi connectivity index (χ0n) is 8.80. The number of rotatable bonds is 6. The summed E-state index contributed by atoms with van der Waals surface area (Å²) in [6.07, 6.45) is 1.85. The first-order valence-electron chi connectivity index (χ1n) is 4.93. The summed E-state index contributed by atoms with van der Waals surface area (Å²) in [7, 11) is 0. The molecule has 2 heteroatoms. The molecule has 0 saturated carbocycles. The van der Waals surface area contributed by atoms with E-state index >= 15 is 0 Å². The van der Waals surface area contributed by atoms with Gasteiger partial charge in [0.05, 0.1) is 6.10 Å². The third-order valence-electron chi connectivity index (χ3n) is 1.84. The van der Waals surface area contributed by atoms with E-state index in [1.54, 1.807) is 0 Å². The molecule has 0 heterocycles. The molecule has 74 valence electrons. The fourth-order valence-electron chi connectivity index (χ4n) is 1.000. The summed E-state index contributed by atoms with van der Waals surface area (Å²) >= 11 is 0. The van der Waals surface area contributed by atoms with Crippen LogP contribution in [0.2, 0.25) is 0 Å². The first kappa shape index (κ1) is 11.9. The van der Waals surface area contributed by atoms with Gasteiger partial charge in [-0.2, -0.15) is 0 Å². The van der Waals surface area contributed by atoms with E-state index in [0.717, 1.165) is 19.4 Å². The molecule has 0 fully saturated rings. The Morgan fingerprint density at radius 3 is 2.08 bits per heavy atom. The summed E-state index contributed by atoms with van der Waals surface area (Å²) in [6.45, 7) is 9.28. The fourth-order valence-corrected chi connectivity index (χ4v) is 1.000. The molecule has 0 aliphatic carbocycles. The summed E-state index contributed by atoms with van der Waals surface area (Å²) in [5.74, 6) is 0.693. The van der Waals surface area contributed by atoms with Crippen molar-refractivity contribution in [3.05, 3.63) is 0 Å². The third kappa shape index (κ3) is 8.02. The standard InChI is InChI=1S/C10H23NO/c1-8(2)5-6-10(12)7-11-9(3)4/h8-12H,5-7H2,1-4H3. The van der Waals surface area contributed by atoms with Crippen molar-refractivity contribution in [3.8, 4) is 0 Å². The van der Waals surface area contributed by atoms with Crippen molar-refractivity contribution in [2.75, 3.05) is 6.54 Å². The molecule has 1 unspecified atom stereocenters. The first-order chi connectivity index (χ1) is 5.52. The molecule has 0 aliphatic rings. The van der Waals surface area contributed by atoms with Crippen LogP contribution in [0.4, 0.5) is 0 Å². The molecule has 0 rings (SSSR count). The minimum absolute atomic E-state index is 0.171. The molecule has 2 nitrogen and oxygen atoms in total. The van der Waals surface area contributed by atoms with E-state index in [-0.39, 0.29) is 6.10 Å². The zero-order valence-corrected chi connectivity index (χ0v) is 8.80. The first-order valence-corrected chi connectivity index (χ1v) is 4.93. The highest BCUT2D eigenvalue weighted by molar-refractivity contribution is 4.62. The van der Waals surface area contributed by atoms with Gasteiger partial charge in [0.25, 0.3) is 0 Å². The number of hydrogen-bond donors (Lipinski definition) is 2. The quantitative estimate of drug-likeness (QED) is 0.641. The monoisotopic (exact) mass is 173 g/mol. The highest BCUT2D eigenvalue weighted by Crippen LogP contribution is 2.05. The molecule has 0 saturated heterocycles. The van der Waals surface area contributed by atoms with E-state index in [1.165, 1.54) is 0 Å². The lowest BCUT2D eigenvalue weighted by atomic mass is 10.1. The molecule has 2 N–H and O–H groups in total. The van der Waals surface area contributed by atoms with Gasteiger partial charge in [0.15, 0.2) is 0 Å². The largest absolute Gasteiger partial charge is 0.392 e. The van der Waals surface area contributed by atoms with Crippen LogP contribution >= 0.6 is 0 Å². The number of hydrogen-bond acceptors (Lipinski definition) is 2. The zero-order chi connectivity index (χ0) is 9.56. The maximum absolute atomic E-state index is 9.48. The second-order valence-electron chi connectivity index (χ2n) is 4.19. The van der Waals surface area contributed by atoms with Gasteiger partial charge in [-0.25, -0.2) is 0 Å². The van der Waals surface area contributed by atoms with E-state index in [9.17, 15) is 5.11 Å². The van der Waals surface area contributed by atoms with E-state index in [2.05, 4.69) is 33.0 Å². The molecule has 0 aromatic heterocycles. The van der Waals surface area contributed by atoms with Crippen LogP contribution in [-0.4, -0.2) is 23.8 Å². The summed E-state index contributed by atoms with van der Waals surface area (Å²) in [5.41, 5.74) is 0. The van der Waals surface area contributed by atoms with Gasteiger partial charge in [0, 0.05) is 12.6 Å². The van der Waals surface area contributed by atoms with Crippen molar-refractivity contribution in [2.45, 2.75) is 52.7 Å². The highest BCUT2D eigenvalue weighted by atomic mass is 16.3. The maximum atomic E-state index is 9.48. The topological polar surface area (TPSA) is 32.3 Å². The summed E-state index contributed by atoms with van der Waals surface area (Å²) in [5, 5.41) is 12.7. The molecule has 0 aromatic carbocycles. The van der Waals surface area contributed by atoms with Crippen molar-refractivity contribution in [1.82, 2.24) is 5.32 Å². The molecule has 0 bridgehead atoms. The molecule has 0 radical (unpaired) electrons. The Balaban J connectivity index is 3.27. The van der Waals surface area contributed by atoms with E-state index < -0.39 is 0 Å². The van der Waals surface area contributed by atoms with Crippen LogP contribution in [0, 0.1) is 5.92 Å². The van der Waals surface area contributed by atoms with Gasteiger partial charge in [-0.3, -0.25) is 0 Å². The number of nitrogens with one attached hydrogen (secondary N) is 1. The Hall–Kier alpha value is -0.0800. The van der Waals surface area contributed by atoms with Gasteiger partial charge < -0.3 is 10.4 Å². The average molecular weight is 173 g/mol. The summed E-state index contributed by atoms with van der Waals surface area (Å²) < 4.78 is 0. The molecule has 0 spiro atoms. The molecule has 0 amide bonds. The lowest BCUT2D eigenvalue weighted by molar-refractivity contribution is 0.151. The Bertz CT molecular complexity index is 90.0. The van der Waals surface area contributed by atoms with Crippen LogP contribution in [0.25, 0.3) is 0 Å². The molecule has 12 heavy (non-hydrogen) atoms. The van der Waals surface area contributed by atoms with Crippen LogP contribution in [-0.2, 0) is 0 Å². The van der Waals surface area contributed by atoms with Gasteiger partial charge in [0.2, 0.25) is 0 Å². The lowest BCUT2D eigenvalue weighted by Gasteiger charge is -2.14. The van der Waals surface area contributed by atoms with Gasteiger partial charge in [-0.1, -0.05) is 27.7 Å². The van der Waals surface area contributed by atoms with Crippen LogP contribution in [0.15, 0.2) is 0 Å². The lowest BCUT2D eigenvalue weighted by Crippen LogP contribution is -2.31. The molecule has 1 atom stereocenters. The van der Waals surface area contributed by atoms with Crippen molar-refractivity contribution in [3.63, 3.8) is 0 Å². The number of aliphatic hydroxyl groups excluding tert-OH is 1. The molecular formula is C10H23NO. The van der Waals surface area contributed by atoms with Crippen LogP contribution in [0.5, 0.6) is 0 Å². The Kier molecular flexibility index (Phi) is 6.39. The van der Waals surface area contributed by atoms with Gasteiger partial charge in [-0.05, 0) is 18.8 Å². The van der Waals surface area contributed by atoms with Crippen molar-refractivity contribution < 1.29 is 5.11 Å². The maximum Gasteiger partial charge on any atom is 0.0664 e. The Morgan fingerprint density at radius 1 is 1.08 bits per heavy atom. The summed E-state index contributed by atoms with van der Waals surface area (Å²) in [4.78, 5) is 0.